The van der Waals surface area contributed by atoms with Crippen molar-refractivity contribution in [2.24, 2.45) is 5.92 Å². The number of hydrogen-bond donors (Lipinski definition) is 1. The van der Waals surface area contributed by atoms with Gasteiger partial charge in [0.05, 0.1) is 4.90 Å². The maximum atomic E-state index is 13.0. The van der Waals surface area contributed by atoms with E-state index in [1.54, 1.807) is 12.1 Å². The molecular formula is C25H32N2O4S. The zero-order chi connectivity index (χ0) is 22.6. The molecule has 32 heavy (non-hydrogen) atoms. The van der Waals surface area contributed by atoms with Crippen molar-refractivity contribution in [3.63, 3.8) is 0 Å². The van der Waals surface area contributed by atoms with E-state index in [9.17, 15) is 13.2 Å². The van der Waals surface area contributed by atoms with Crippen LogP contribution in [0.2, 0.25) is 0 Å². The highest BCUT2D eigenvalue weighted by Gasteiger charge is 2.36. The molecule has 172 valence electrons. The van der Waals surface area contributed by atoms with Crippen LogP contribution in [0.25, 0.3) is 0 Å². The molecule has 2 saturated heterocycles. The second-order valence-electron chi connectivity index (χ2n) is 8.97. The largest absolute Gasteiger partial charge is 0.381 e. The quantitative estimate of drug-likeness (QED) is 0.724. The first-order valence-corrected chi connectivity index (χ1v) is 12.8. The second kappa shape index (κ2) is 9.73. The minimum absolute atomic E-state index is 0.0270. The summed E-state index contributed by atoms with van der Waals surface area (Å²) in [6.45, 7) is 4.64. The molecule has 0 aliphatic carbocycles. The molecule has 0 atom stereocenters. The van der Waals surface area contributed by atoms with Crippen LogP contribution in [0.1, 0.15) is 36.8 Å². The first-order chi connectivity index (χ1) is 15.4. The summed E-state index contributed by atoms with van der Waals surface area (Å²) < 4.78 is 32.9. The molecule has 7 heteroatoms. The second-order valence-corrected chi connectivity index (χ2v) is 10.9. The van der Waals surface area contributed by atoms with Crippen molar-refractivity contribution in [3.8, 4) is 0 Å². The number of carbonyl (C=O) groups is 1. The van der Waals surface area contributed by atoms with E-state index < -0.39 is 10.0 Å². The fraction of sp³-hybridized carbons (Fsp3) is 0.480. The number of carbonyl (C=O) groups excluding carboxylic acids is 1. The lowest BCUT2D eigenvalue weighted by atomic mass is 9.74. The Morgan fingerprint density at radius 2 is 1.66 bits per heavy atom. The lowest BCUT2D eigenvalue weighted by Crippen LogP contribution is -2.48. The van der Waals surface area contributed by atoms with E-state index in [4.69, 9.17) is 4.74 Å². The molecule has 0 radical (unpaired) electrons. The van der Waals surface area contributed by atoms with Gasteiger partial charge in [0.1, 0.15) is 0 Å². The third-order valence-electron chi connectivity index (χ3n) is 6.92. The summed E-state index contributed by atoms with van der Waals surface area (Å²) in [5, 5.41) is 3.19. The zero-order valence-electron chi connectivity index (χ0n) is 18.6. The lowest BCUT2D eigenvalue weighted by molar-refractivity contribution is -0.126. The first-order valence-electron chi connectivity index (χ1n) is 11.4. The predicted octanol–water partition coefficient (Wildman–Crippen LogP) is 3.26. The van der Waals surface area contributed by atoms with E-state index >= 15 is 0 Å². The van der Waals surface area contributed by atoms with Gasteiger partial charge in [0.15, 0.2) is 0 Å². The van der Waals surface area contributed by atoms with E-state index in [2.05, 4.69) is 17.4 Å². The molecule has 2 aliphatic rings. The van der Waals surface area contributed by atoms with Gasteiger partial charge in [-0.1, -0.05) is 48.0 Å². The molecular weight excluding hydrogens is 424 g/mol. The summed E-state index contributed by atoms with van der Waals surface area (Å²) in [5.41, 5.74) is 2.16. The van der Waals surface area contributed by atoms with Crippen LogP contribution in [0.5, 0.6) is 0 Å². The average Bonchev–Trinajstić information content (AvgIpc) is 2.84. The molecule has 2 aromatic rings. The average molecular weight is 457 g/mol. The number of hydrogen-bond acceptors (Lipinski definition) is 4. The minimum atomic E-state index is -3.52. The van der Waals surface area contributed by atoms with Crippen LogP contribution in [-0.4, -0.2) is 51.5 Å². The van der Waals surface area contributed by atoms with Crippen molar-refractivity contribution in [2.75, 3.05) is 32.8 Å². The minimum Gasteiger partial charge on any atom is -0.381 e. The van der Waals surface area contributed by atoms with Gasteiger partial charge in [-0.3, -0.25) is 4.79 Å². The van der Waals surface area contributed by atoms with Crippen molar-refractivity contribution < 1.29 is 17.9 Å². The molecule has 1 amide bonds. The third-order valence-corrected chi connectivity index (χ3v) is 8.83. The Hall–Kier alpha value is -2.22. The van der Waals surface area contributed by atoms with Gasteiger partial charge in [-0.2, -0.15) is 4.31 Å². The number of amides is 1. The molecule has 0 saturated carbocycles. The smallest absolute Gasteiger partial charge is 0.243 e. The number of nitrogens with one attached hydrogen (secondary N) is 1. The normalized spacial score (nSPS) is 20.0. The summed E-state index contributed by atoms with van der Waals surface area (Å²) in [5.74, 6) is -0.133. The Bertz CT molecular complexity index is 1010. The summed E-state index contributed by atoms with van der Waals surface area (Å²) in [4.78, 5) is 13.3. The highest BCUT2D eigenvalue weighted by atomic mass is 32.2. The summed E-state index contributed by atoms with van der Waals surface area (Å²) in [6, 6.07) is 17.3. The van der Waals surface area contributed by atoms with Gasteiger partial charge in [0, 0.05) is 44.2 Å². The van der Waals surface area contributed by atoms with Crippen molar-refractivity contribution >= 4 is 15.9 Å². The molecule has 2 heterocycles. The predicted molar refractivity (Wildman–Crippen MR) is 124 cm³/mol. The van der Waals surface area contributed by atoms with Crippen molar-refractivity contribution in [1.29, 1.82) is 0 Å². The van der Waals surface area contributed by atoms with Crippen LogP contribution in [0.4, 0.5) is 0 Å². The summed E-state index contributed by atoms with van der Waals surface area (Å²) in [6.07, 6.45) is 2.84. The van der Waals surface area contributed by atoms with Crippen LogP contribution in [0.3, 0.4) is 0 Å². The molecule has 2 fully saturated rings. The van der Waals surface area contributed by atoms with Gasteiger partial charge < -0.3 is 10.1 Å². The van der Waals surface area contributed by atoms with Gasteiger partial charge >= 0.3 is 0 Å². The third kappa shape index (κ3) is 4.90. The molecule has 2 aliphatic heterocycles. The number of rotatable bonds is 6. The highest BCUT2D eigenvalue weighted by molar-refractivity contribution is 7.89. The fourth-order valence-corrected chi connectivity index (χ4v) is 6.21. The summed E-state index contributed by atoms with van der Waals surface area (Å²) in [7, 11) is -3.52. The molecule has 0 aromatic heterocycles. The molecule has 4 rings (SSSR count). The van der Waals surface area contributed by atoms with Crippen LogP contribution in [0, 0.1) is 12.8 Å². The summed E-state index contributed by atoms with van der Waals surface area (Å²) >= 11 is 0. The molecule has 0 bridgehead atoms. The Kier molecular flexibility index (Phi) is 6.98. The van der Waals surface area contributed by atoms with Gasteiger partial charge in [0.25, 0.3) is 0 Å². The van der Waals surface area contributed by atoms with Gasteiger partial charge in [-0.25, -0.2) is 8.42 Å². The van der Waals surface area contributed by atoms with Crippen LogP contribution in [-0.2, 0) is 25.0 Å². The van der Waals surface area contributed by atoms with E-state index in [0.717, 1.165) is 18.4 Å². The number of ether oxygens (including phenoxy) is 1. The molecule has 0 unspecified atom stereocenters. The van der Waals surface area contributed by atoms with Crippen LogP contribution >= 0.6 is 0 Å². The van der Waals surface area contributed by atoms with Gasteiger partial charge in [-0.05, 0) is 50.3 Å². The topological polar surface area (TPSA) is 75.7 Å². The zero-order valence-corrected chi connectivity index (χ0v) is 19.4. The first kappa shape index (κ1) is 23.0. The number of piperidine rings is 1. The van der Waals surface area contributed by atoms with E-state index in [1.165, 1.54) is 9.87 Å². The number of benzene rings is 2. The lowest BCUT2D eigenvalue weighted by Gasteiger charge is -2.38. The van der Waals surface area contributed by atoms with E-state index in [-0.39, 0.29) is 17.2 Å². The Morgan fingerprint density at radius 1 is 1.03 bits per heavy atom. The Balaban J connectivity index is 1.36. The van der Waals surface area contributed by atoms with E-state index in [1.807, 2.05) is 37.3 Å². The maximum absolute atomic E-state index is 13.0. The molecule has 0 spiro atoms. The van der Waals surface area contributed by atoms with Crippen molar-refractivity contribution in [2.45, 2.75) is 42.9 Å². The van der Waals surface area contributed by atoms with Crippen molar-refractivity contribution in [1.82, 2.24) is 9.62 Å². The number of sulfonamides is 1. The Labute approximate surface area is 191 Å². The number of aryl methyl sites for hydroxylation is 1. The standard InChI is InChI=1S/C25H32N2O4S/c1-20-7-9-23(10-8-20)32(29,30)27-15-11-21(12-16-27)24(28)26-19-25(13-17-31-18-14-25)22-5-3-2-4-6-22/h2-10,21H,11-19H2,1H3,(H,26,28). The highest BCUT2D eigenvalue weighted by Crippen LogP contribution is 2.34. The van der Waals surface area contributed by atoms with Crippen LogP contribution in [0.15, 0.2) is 59.5 Å². The monoisotopic (exact) mass is 456 g/mol. The number of nitrogens with zero attached hydrogens (tertiary/aromatic N) is 1. The Morgan fingerprint density at radius 3 is 2.28 bits per heavy atom. The maximum Gasteiger partial charge on any atom is 0.243 e. The van der Waals surface area contributed by atoms with Crippen LogP contribution < -0.4 is 5.32 Å². The molecule has 2 aromatic carbocycles. The molecule has 6 nitrogen and oxygen atoms in total. The SMILES string of the molecule is Cc1ccc(S(=O)(=O)N2CCC(C(=O)NCC3(c4ccccc4)CCOCC3)CC2)cc1. The molecule has 1 N–H and O–H groups in total. The van der Waals surface area contributed by atoms with E-state index in [0.29, 0.717) is 50.6 Å². The van der Waals surface area contributed by atoms with Gasteiger partial charge in [0.2, 0.25) is 15.9 Å². The van der Waals surface area contributed by atoms with Crippen molar-refractivity contribution in [3.05, 3.63) is 65.7 Å². The fourth-order valence-electron chi connectivity index (χ4n) is 4.74. The van der Waals surface area contributed by atoms with Gasteiger partial charge in [-0.15, -0.1) is 0 Å².